The largest absolute Gasteiger partial charge is 0.271 e. The Morgan fingerprint density at radius 2 is 1.89 bits per heavy atom. The Kier molecular flexibility index (Phi) is 3.56. The van der Waals surface area contributed by atoms with Gasteiger partial charge in [-0.3, -0.25) is 11.3 Å². The number of benzene rings is 2. The lowest BCUT2D eigenvalue weighted by molar-refractivity contribution is 0.404. The van der Waals surface area contributed by atoms with Gasteiger partial charge in [0.05, 0.1) is 0 Å². The van der Waals surface area contributed by atoms with Crippen molar-refractivity contribution in [2.75, 3.05) is 0 Å². The maximum Gasteiger partial charge on any atom is 0.0406 e. The molecule has 19 heavy (non-hydrogen) atoms. The number of nitrogens with one attached hydrogen (secondary N) is 1. The predicted molar refractivity (Wildman–Crippen MR) is 79.2 cm³/mol. The lowest BCUT2D eigenvalue weighted by Gasteiger charge is -2.36. The van der Waals surface area contributed by atoms with Gasteiger partial charge in [0.2, 0.25) is 0 Å². The molecule has 0 saturated heterocycles. The number of rotatable bonds is 4. The number of hydrogen-bond donors (Lipinski definition) is 2. The molecule has 0 heterocycles. The van der Waals surface area contributed by atoms with Crippen LogP contribution in [-0.2, 0) is 12.8 Å². The van der Waals surface area contributed by atoms with E-state index in [9.17, 15) is 0 Å². The molecule has 0 radical (unpaired) electrons. The molecule has 3 N–H and O–H groups in total. The minimum Gasteiger partial charge on any atom is -0.271 e. The first-order chi connectivity index (χ1) is 9.28. The van der Waals surface area contributed by atoms with E-state index in [0.717, 1.165) is 17.9 Å². The van der Waals surface area contributed by atoms with Gasteiger partial charge >= 0.3 is 0 Å². The van der Waals surface area contributed by atoms with Crippen molar-refractivity contribution in [2.45, 2.75) is 24.8 Å². The summed E-state index contributed by atoms with van der Waals surface area (Å²) >= 11 is 5.91. The van der Waals surface area contributed by atoms with Crippen LogP contribution in [0.5, 0.6) is 0 Å². The standard InChI is InChI=1S/C16H17ClN2/c17-13-7-5-11(6-8-13)9-16(19-18)15-10-12-3-1-2-4-14(12)15/h1-8,15-16,19H,9-10,18H2. The summed E-state index contributed by atoms with van der Waals surface area (Å²) in [6.45, 7) is 0. The van der Waals surface area contributed by atoms with Crippen LogP contribution in [0.3, 0.4) is 0 Å². The van der Waals surface area contributed by atoms with Gasteiger partial charge in [-0.05, 0) is 41.7 Å². The zero-order chi connectivity index (χ0) is 13.2. The fraction of sp³-hybridized carbons (Fsp3) is 0.250. The van der Waals surface area contributed by atoms with Crippen molar-refractivity contribution in [3.05, 3.63) is 70.2 Å². The highest BCUT2D eigenvalue weighted by molar-refractivity contribution is 6.30. The number of fused-ring (bicyclic) bond motifs is 1. The van der Waals surface area contributed by atoms with Crippen LogP contribution in [0.25, 0.3) is 0 Å². The summed E-state index contributed by atoms with van der Waals surface area (Å²) in [6, 6.07) is 16.9. The van der Waals surface area contributed by atoms with E-state index in [1.54, 1.807) is 0 Å². The highest BCUT2D eigenvalue weighted by Crippen LogP contribution is 2.38. The fourth-order valence-corrected chi connectivity index (χ4v) is 2.97. The van der Waals surface area contributed by atoms with Crippen molar-refractivity contribution < 1.29 is 0 Å². The van der Waals surface area contributed by atoms with Gasteiger partial charge in [-0.2, -0.15) is 0 Å². The average Bonchev–Trinajstić information content (AvgIpc) is 2.41. The summed E-state index contributed by atoms with van der Waals surface area (Å²) in [4.78, 5) is 0. The number of halogens is 1. The Morgan fingerprint density at radius 3 is 2.58 bits per heavy atom. The van der Waals surface area contributed by atoms with Crippen molar-refractivity contribution >= 4 is 11.6 Å². The van der Waals surface area contributed by atoms with Crippen LogP contribution < -0.4 is 11.3 Å². The van der Waals surface area contributed by atoms with Crippen molar-refractivity contribution in [3.63, 3.8) is 0 Å². The summed E-state index contributed by atoms with van der Waals surface area (Å²) in [5.74, 6) is 6.25. The van der Waals surface area contributed by atoms with Gasteiger partial charge in [0.1, 0.15) is 0 Å². The van der Waals surface area contributed by atoms with Crippen LogP contribution >= 0.6 is 11.6 Å². The van der Waals surface area contributed by atoms with E-state index in [2.05, 4.69) is 41.8 Å². The van der Waals surface area contributed by atoms with E-state index < -0.39 is 0 Å². The van der Waals surface area contributed by atoms with Gasteiger partial charge in [0.25, 0.3) is 0 Å². The molecule has 2 aromatic carbocycles. The highest BCUT2D eigenvalue weighted by Gasteiger charge is 2.32. The molecule has 0 bridgehead atoms. The monoisotopic (exact) mass is 272 g/mol. The van der Waals surface area contributed by atoms with Crippen LogP contribution in [0.1, 0.15) is 22.6 Å². The Morgan fingerprint density at radius 1 is 1.16 bits per heavy atom. The van der Waals surface area contributed by atoms with Gasteiger partial charge in [0, 0.05) is 17.0 Å². The van der Waals surface area contributed by atoms with E-state index in [1.807, 2.05) is 12.1 Å². The van der Waals surface area contributed by atoms with Gasteiger partial charge < -0.3 is 0 Å². The fourth-order valence-electron chi connectivity index (χ4n) is 2.85. The number of nitrogens with two attached hydrogens (primary N) is 1. The third kappa shape index (κ3) is 2.52. The molecule has 0 aliphatic heterocycles. The van der Waals surface area contributed by atoms with Gasteiger partial charge in [-0.15, -0.1) is 0 Å². The smallest absolute Gasteiger partial charge is 0.0406 e. The molecule has 1 aliphatic carbocycles. The number of hydrazine groups is 1. The lowest BCUT2D eigenvalue weighted by Crippen LogP contribution is -2.45. The molecule has 0 spiro atoms. The summed E-state index contributed by atoms with van der Waals surface area (Å²) in [6.07, 6.45) is 2.03. The summed E-state index contributed by atoms with van der Waals surface area (Å²) in [5, 5.41) is 0.773. The summed E-state index contributed by atoms with van der Waals surface area (Å²) in [5.41, 5.74) is 7.11. The minimum atomic E-state index is 0.274. The van der Waals surface area contributed by atoms with Crippen LogP contribution in [0, 0.1) is 0 Å². The second-order valence-electron chi connectivity index (χ2n) is 5.11. The zero-order valence-electron chi connectivity index (χ0n) is 10.6. The van der Waals surface area contributed by atoms with E-state index in [4.69, 9.17) is 17.4 Å². The molecule has 3 heteroatoms. The SMILES string of the molecule is NNC(Cc1ccc(Cl)cc1)C1Cc2ccccc21. The Bertz CT molecular complexity index is 565. The molecular formula is C16H17ClN2. The van der Waals surface area contributed by atoms with Crippen LogP contribution in [-0.4, -0.2) is 6.04 Å². The molecule has 2 unspecified atom stereocenters. The topological polar surface area (TPSA) is 38.0 Å². The van der Waals surface area contributed by atoms with E-state index >= 15 is 0 Å². The zero-order valence-corrected chi connectivity index (χ0v) is 11.4. The second-order valence-corrected chi connectivity index (χ2v) is 5.55. The normalized spacial score (nSPS) is 18.5. The Labute approximate surface area is 118 Å². The second kappa shape index (κ2) is 5.33. The predicted octanol–water partition coefficient (Wildman–Crippen LogP) is 3.05. The van der Waals surface area contributed by atoms with Crippen LogP contribution in [0.15, 0.2) is 48.5 Å². The number of hydrogen-bond acceptors (Lipinski definition) is 2. The highest BCUT2D eigenvalue weighted by atomic mass is 35.5. The quantitative estimate of drug-likeness (QED) is 0.663. The van der Waals surface area contributed by atoms with Crippen molar-refractivity contribution in [3.8, 4) is 0 Å². The Balaban J connectivity index is 1.74. The third-order valence-electron chi connectivity index (χ3n) is 3.96. The summed E-state index contributed by atoms with van der Waals surface area (Å²) < 4.78 is 0. The van der Waals surface area contributed by atoms with Crippen molar-refractivity contribution in [1.29, 1.82) is 0 Å². The van der Waals surface area contributed by atoms with E-state index in [0.29, 0.717) is 5.92 Å². The molecule has 98 valence electrons. The van der Waals surface area contributed by atoms with Crippen LogP contribution in [0.4, 0.5) is 0 Å². The first-order valence-electron chi connectivity index (χ1n) is 6.56. The lowest BCUT2D eigenvalue weighted by atomic mass is 9.72. The van der Waals surface area contributed by atoms with Crippen molar-refractivity contribution in [2.24, 2.45) is 5.84 Å². The van der Waals surface area contributed by atoms with Crippen molar-refractivity contribution in [1.82, 2.24) is 5.43 Å². The molecule has 2 atom stereocenters. The Hall–Kier alpha value is -1.35. The minimum absolute atomic E-state index is 0.274. The first-order valence-corrected chi connectivity index (χ1v) is 6.94. The maximum absolute atomic E-state index is 5.91. The first kappa shape index (κ1) is 12.7. The molecule has 3 rings (SSSR count). The third-order valence-corrected chi connectivity index (χ3v) is 4.22. The molecule has 0 aromatic heterocycles. The molecule has 1 aliphatic rings. The molecule has 2 aromatic rings. The molecule has 0 saturated carbocycles. The van der Waals surface area contributed by atoms with E-state index in [1.165, 1.54) is 16.7 Å². The summed E-state index contributed by atoms with van der Waals surface area (Å²) in [7, 11) is 0. The van der Waals surface area contributed by atoms with Gasteiger partial charge in [-0.25, -0.2) is 0 Å². The molecular weight excluding hydrogens is 256 g/mol. The molecule has 2 nitrogen and oxygen atoms in total. The maximum atomic E-state index is 5.91. The van der Waals surface area contributed by atoms with E-state index in [-0.39, 0.29) is 6.04 Å². The van der Waals surface area contributed by atoms with Crippen LogP contribution in [0.2, 0.25) is 5.02 Å². The van der Waals surface area contributed by atoms with Gasteiger partial charge in [0.15, 0.2) is 0 Å². The van der Waals surface area contributed by atoms with Gasteiger partial charge in [-0.1, -0.05) is 48.0 Å². The molecule has 0 fully saturated rings. The molecule has 0 amide bonds. The average molecular weight is 273 g/mol.